The Balaban J connectivity index is 2.53. The number of carbonyl (C=O) groups excluding carboxylic acids is 1. The lowest BCUT2D eigenvalue weighted by Gasteiger charge is -2.39. The van der Waals surface area contributed by atoms with Gasteiger partial charge in [0.25, 0.3) is 0 Å². The highest BCUT2D eigenvalue weighted by molar-refractivity contribution is 5.60. The highest BCUT2D eigenvalue weighted by Crippen LogP contribution is 2.35. The SMILES string of the molecule is CCCCCN(CC1(C=O)CCCCC1)C(C)C. The molecule has 0 aromatic carbocycles. The lowest BCUT2D eigenvalue weighted by Crippen LogP contribution is -2.43. The second kappa shape index (κ2) is 7.93. The van der Waals surface area contributed by atoms with Crippen LogP contribution in [0.4, 0.5) is 0 Å². The van der Waals surface area contributed by atoms with Gasteiger partial charge in [0.2, 0.25) is 0 Å². The molecule has 0 radical (unpaired) electrons. The predicted molar refractivity (Wildman–Crippen MR) is 77.8 cm³/mol. The molecular formula is C16H31NO. The molecule has 0 heterocycles. The number of unbranched alkanes of at least 4 members (excludes halogenated alkanes) is 2. The van der Waals surface area contributed by atoms with Gasteiger partial charge in [0.05, 0.1) is 0 Å². The van der Waals surface area contributed by atoms with Crippen molar-refractivity contribution in [2.24, 2.45) is 5.41 Å². The van der Waals surface area contributed by atoms with E-state index >= 15 is 0 Å². The average Bonchev–Trinajstić information content (AvgIpc) is 2.39. The first-order valence-corrected chi connectivity index (χ1v) is 7.84. The van der Waals surface area contributed by atoms with Crippen LogP contribution in [0.3, 0.4) is 0 Å². The second-order valence-corrected chi connectivity index (χ2v) is 6.31. The molecule has 0 unspecified atom stereocenters. The summed E-state index contributed by atoms with van der Waals surface area (Å²) in [7, 11) is 0. The maximum atomic E-state index is 11.5. The van der Waals surface area contributed by atoms with Crippen LogP contribution in [-0.2, 0) is 4.79 Å². The monoisotopic (exact) mass is 253 g/mol. The van der Waals surface area contributed by atoms with Gasteiger partial charge in [0.15, 0.2) is 0 Å². The van der Waals surface area contributed by atoms with Crippen LogP contribution in [0.25, 0.3) is 0 Å². The Hall–Kier alpha value is -0.370. The van der Waals surface area contributed by atoms with Gasteiger partial charge in [-0.15, -0.1) is 0 Å². The van der Waals surface area contributed by atoms with Crippen molar-refractivity contribution in [2.45, 2.75) is 78.2 Å². The van der Waals surface area contributed by atoms with Crippen LogP contribution in [0.1, 0.15) is 72.1 Å². The van der Waals surface area contributed by atoms with Crippen molar-refractivity contribution in [3.8, 4) is 0 Å². The van der Waals surface area contributed by atoms with Crippen LogP contribution in [-0.4, -0.2) is 30.3 Å². The van der Waals surface area contributed by atoms with Gasteiger partial charge in [-0.3, -0.25) is 4.90 Å². The molecule has 0 amide bonds. The zero-order valence-corrected chi connectivity index (χ0v) is 12.6. The average molecular weight is 253 g/mol. The third-order valence-corrected chi connectivity index (χ3v) is 4.40. The number of aldehydes is 1. The summed E-state index contributed by atoms with van der Waals surface area (Å²) < 4.78 is 0. The second-order valence-electron chi connectivity index (χ2n) is 6.31. The first kappa shape index (κ1) is 15.7. The Kier molecular flexibility index (Phi) is 6.91. The summed E-state index contributed by atoms with van der Waals surface area (Å²) in [5, 5.41) is 0. The molecule has 1 fully saturated rings. The van der Waals surface area contributed by atoms with Gasteiger partial charge in [0.1, 0.15) is 6.29 Å². The van der Waals surface area contributed by atoms with Gasteiger partial charge in [-0.25, -0.2) is 0 Å². The van der Waals surface area contributed by atoms with E-state index in [1.807, 2.05) is 0 Å². The fraction of sp³-hybridized carbons (Fsp3) is 0.938. The van der Waals surface area contributed by atoms with E-state index in [-0.39, 0.29) is 5.41 Å². The quantitative estimate of drug-likeness (QED) is 0.481. The Morgan fingerprint density at radius 3 is 2.33 bits per heavy atom. The van der Waals surface area contributed by atoms with Gasteiger partial charge in [0, 0.05) is 18.0 Å². The maximum Gasteiger partial charge on any atom is 0.127 e. The van der Waals surface area contributed by atoms with Crippen molar-refractivity contribution in [2.75, 3.05) is 13.1 Å². The summed E-state index contributed by atoms with van der Waals surface area (Å²) in [5.41, 5.74) is -0.0330. The third-order valence-electron chi connectivity index (χ3n) is 4.40. The highest BCUT2D eigenvalue weighted by Gasteiger charge is 2.34. The summed E-state index contributed by atoms with van der Waals surface area (Å²) in [6, 6.07) is 0.556. The van der Waals surface area contributed by atoms with Crippen LogP contribution >= 0.6 is 0 Å². The van der Waals surface area contributed by atoms with E-state index in [1.54, 1.807) is 0 Å². The van der Waals surface area contributed by atoms with Crippen LogP contribution < -0.4 is 0 Å². The molecule has 0 aromatic heterocycles. The number of rotatable bonds is 8. The predicted octanol–water partition coefficient (Wildman–Crippen LogP) is 4.04. The van der Waals surface area contributed by atoms with E-state index in [4.69, 9.17) is 0 Å². The normalized spacial score (nSPS) is 19.4. The molecular weight excluding hydrogens is 222 g/mol. The van der Waals surface area contributed by atoms with Crippen molar-refractivity contribution < 1.29 is 4.79 Å². The Morgan fingerprint density at radius 2 is 1.83 bits per heavy atom. The van der Waals surface area contributed by atoms with E-state index in [1.165, 1.54) is 44.8 Å². The molecule has 0 aliphatic heterocycles. The van der Waals surface area contributed by atoms with E-state index in [2.05, 4.69) is 25.7 Å². The summed E-state index contributed by atoms with van der Waals surface area (Å²) in [6.07, 6.45) is 11.1. The molecule has 2 heteroatoms. The molecule has 0 aromatic rings. The minimum atomic E-state index is -0.0330. The molecule has 0 atom stereocenters. The van der Waals surface area contributed by atoms with Gasteiger partial charge in [-0.05, 0) is 39.7 Å². The minimum Gasteiger partial charge on any atom is -0.303 e. The Morgan fingerprint density at radius 1 is 1.17 bits per heavy atom. The zero-order chi connectivity index (χ0) is 13.4. The van der Waals surface area contributed by atoms with E-state index in [0.29, 0.717) is 6.04 Å². The van der Waals surface area contributed by atoms with Crippen LogP contribution in [0.2, 0.25) is 0 Å². The smallest absolute Gasteiger partial charge is 0.127 e. The van der Waals surface area contributed by atoms with Crippen molar-refractivity contribution >= 4 is 6.29 Å². The van der Waals surface area contributed by atoms with Crippen molar-refractivity contribution in [3.05, 3.63) is 0 Å². The number of carbonyl (C=O) groups is 1. The zero-order valence-electron chi connectivity index (χ0n) is 12.6. The highest BCUT2D eigenvalue weighted by atomic mass is 16.1. The lowest BCUT2D eigenvalue weighted by molar-refractivity contribution is -0.119. The maximum absolute atomic E-state index is 11.5. The number of hydrogen-bond donors (Lipinski definition) is 0. The van der Waals surface area contributed by atoms with E-state index in [9.17, 15) is 4.79 Å². The van der Waals surface area contributed by atoms with E-state index in [0.717, 1.165) is 25.9 Å². The first-order valence-electron chi connectivity index (χ1n) is 7.84. The molecule has 2 nitrogen and oxygen atoms in total. The van der Waals surface area contributed by atoms with Crippen LogP contribution in [0.15, 0.2) is 0 Å². The van der Waals surface area contributed by atoms with E-state index < -0.39 is 0 Å². The first-order chi connectivity index (χ1) is 8.63. The summed E-state index contributed by atoms with van der Waals surface area (Å²) >= 11 is 0. The molecule has 0 spiro atoms. The molecule has 1 aliphatic rings. The summed E-state index contributed by atoms with van der Waals surface area (Å²) in [4.78, 5) is 14.1. The molecule has 1 rings (SSSR count). The molecule has 0 N–H and O–H groups in total. The molecule has 18 heavy (non-hydrogen) atoms. The minimum absolute atomic E-state index is 0.0330. The standard InChI is InChI=1S/C16H31NO/c1-4-5-9-12-17(15(2)3)13-16(14-18)10-7-6-8-11-16/h14-15H,4-13H2,1-3H3. The Labute approximate surface area is 113 Å². The summed E-state index contributed by atoms with van der Waals surface area (Å²) in [6.45, 7) is 8.90. The van der Waals surface area contributed by atoms with Gasteiger partial charge >= 0.3 is 0 Å². The van der Waals surface area contributed by atoms with Gasteiger partial charge < -0.3 is 4.79 Å². The molecule has 0 saturated heterocycles. The van der Waals surface area contributed by atoms with Crippen LogP contribution in [0.5, 0.6) is 0 Å². The number of nitrogens with zero attached hydrogens (tertiary/aromatic N) is 1. The fourth-order valence-corrected chi connectivity index (χ4v) is 3.06. The van der Waals surface area contributed by atoms with Gasteiger partial charge in [-0.1, -0.05) is 39.0 Å². The number of hydrogen-bond acceptors (Lipinski definition) is 2. The fourth-order valence-electron chi connectivity index (χ4n) is 3.06. The van der Waals surface area contributed by atoms with Crippen molar-refractivity contribution in [1.29, 1.82) is 0 Å². The van der Waals surface area contributed by atoms with Crippen molar-refractivity contribution in [3.63, 3.8) is 0 Å². The van der Waals surface area contributed by atoms with Crippen molar-refractivity contribution in [1.82, 2.24) is 4.90 Å². The topological polar surface area (TPSA) is 20.3 Å². The summed E-state index contributed by atoms with van der Waals surface area (Å²) in [5.74, 6) is 0. The lowest BCUT2D eigenvalue weighted by atomic mass is 9.74. The van der Waals surface area contributed by atoms with Gasteiger partial charge in [-0.2, -0.15) is 0 Å². The third kappa shape index (κ3) is 4.72. The Bertz CT molecular complexity index is 231. The molecule has 1 saturated carbocycles. The molecule has 1 aliphatic carbocycles. The largest absolute Gasteiger partial charge is 0.303 e. The molecule has 0 bridgehead atoms. The van der Waals surface area contributed by atoms with Crippen LogP contribution in [0, 0.1) is 5.41 Å². The molecule has 106 valence electrons.